The van der Waals surface area contributed by atoms with E-state index in [1.54, 1.807) is 13.3 Å². The minimum atomic E-state index is 0.767. The van der Waals surface area contributed by atoms with Gasteiger partial charge in [0.15, 0.2) is 0 Å². The van der Waals surface area contributed by atoms with E-state index in [0.29, 0.717) is 0 Å². The van der Waals surface area contributed by atoms with Gasteiger partial charge in [-0.15, -0.1) is 0 Å². The highest BCUT2D eigenvalue weighted by molar-refractivity contribution is 5.61. The van der Waals surface area contributed by atoms with Gasteiger partial charge in [0.2, 0.25) is 0 Å². The fourth-order valence-electron chi connectivity index (χ4n) is 2.06. The molecule has 2 aromatic heterocycles. The molecule has 2 rings (SSSR count). The van der Waals surface area contributed by atoms with Crippen LogP contribution in [-0.2, 0) is 11.3 Å². The first-order valence-electron chi connectivity index (χ1n) is 7.12. The molecule has 6 heteroatoms. The Bertz CT molecular complexity index is 514. The van der Waals surface area contributed by atoms with Crippen molar-refractivity contribution in [3.05, 3.63) is 36.3 Å². The quantitative estimate of drug-likeness (QED) is 0.678. The lowest BCUT2D eigenvalue weighted by Crippen LogP contribution is -2.31. The van der Waals surface area contributed by atoms with Crippen LogP contribution in [0, 0.1) is 0 Å². The first-order chi connectivity index (χ1) is 10.3. The Kier molecular flexibility index (Phi) is 6.33. The smallest absolute Gasteiger partial charge is 0.0710 e. The molecular weight excluding hydrogens is 266 g/mol. The molecule has 0 spiro atoms. The average Bonchev–Trinajstić information content (AvgIpc) is 2.99. The molecule has 0 fully saturated rings. The van der Waals surface area contributed by atoms with Crippen LogP contribution in [0.15, 0.2) is 30.7 Å². The molecule has 114 valence electrons. The number of likely N-dealkylation sites (N-methyl/N-ethyl adjacent to an activating group) is 1. The summed E-state index contributed by atoms with van der Waals surface area (Å²) in [5, 5.41) is 10.6. The van der Waals surface area contributed by atoms with E-state index in [2.05, 4.69) is 32.4 Å². The Morgan fingerprint density at radius 1 is 1.33 bits per heavy atom. The van der Waals surface area contributed by atoms with Crippen LogP contribution < -0.4 is 5.32 Å². The van der Waals surface area contributed by atoms with Crippen molar-refractivity contribution < 1.29 is 4.74 Å². The van der Waals surface area contributed by atoms with Crippen molar-refractivity contribution in [1.82, 2.24) is 25.4 Å². The molecule has 0 aliphatic heterocycles. The lowest BCUT2D eigenvalue weighted by Gasteiger charge is -2.16. The predicted molar refractivity (Wildman–Crippen MR) is 82.9 cm³/mol. The maximum absolute atomic E-state index is 5.06. The van der Waals surface area contributed by atoms with E-state index in [9.17, 15) is 0 Å². The van der Waals surface area contributed by atoms with Crippen LogP contribution in [0.2, 0.25) is 0 Å². The first-order valence-corrected chi connectivity index (χ1v) is 7.12. The predicted octanol–water partition coefficient (Wildman–Crippen LogP) is 1.14. The highest BCUT2D eigenvalue weighted by atomic mass is 16.5. The molecule has 0 aromatic carbocycles. The van der Waals surface area contributed by atoms with Gasteiger partial charge in [0.05, 0.1) is 18.5 Å². The van der Waals surface area contributed by atoms with Gasteiger partial charge >= 0.3 is 0 Å². The number of nitrogens with one attached hydrogen (secondary N) is 2. The third-order valence-corrected chi connectivity index (χ3v) is 3.33. The highest BCUT2D eigenvalue weighted by Gasteiger charge is 2.07. The van der Waals surface area contributed by atoms with Crippen molar-refractivity contribution in [1.29, 1.82) is 0 Å². The molecule has 0 saturated heterocycles. The maximum atomic E-state index is 5.06. The minimum absolute atomic E-state index is 0.767. The van der Waals surface area contributed by atoms with Crippen molar-refractivity contribution in [3.8, 4) is 11.3 Å². The molecule has 0 amide bonds. The van der Waals surface area contributed by atoms with Crippen molar-refractivity contribution >= 4 is 0 Å². The molecule has 2 aromatic rings. The molecule has 0 radical (unpaired) electrons. The first kappa shape index (κ1) is 15.6. The van der Waals surface area contributed by atoms with Gasteiger partial charge in [0, 0.05) is 56.8 Å². The number of methoxy groups -OCH3 is 1. The number of hydrogen-bond donors (Lipinski definition) is 2. The number of ether oxygens (including phenoxy) is 1. The van der Waals surface area contributed by atoms with Crippen molar-refractivity contribution in [2.45, 2.75) is 6.54 Å². The fraction of sp³-hybridized carbons (Fsp3) is 0.467. The molecule has 6 nitrogen and oxygen atoms in total. The lowest BCUT2D eigenvalue weighted by atomic mass is 10.1. The molecule has 0 aliphatic carbocycles. The Hall–Kier alpha value is -1.76. The number of aromatic nitrogens is 3. The summed E-state index contributed by atoms with van der Waals surface area (Å²) in [6, 6.07) is 3.96. The summed E-state index contributed by atoms with van der Waals surface area (Å²) in [6.07, 6.45) is 5.48. The summed E-state index contributed by atoms with van der Waals surface area (Å²) >= 11 is 0. The Balaban J connectivity index is 1.78. The van der Waals surface area contributed by atoms with Crippen LogP contribution >= 0.6 is 0 Å². The Morgan fingerprint density at radius 2 is 2.24 bits per heavy atom. The van der Waals surface area contributed by atoms with Gasteiger partial charge in [-0.2, -0.15) is 5.10 Å². The molecule has 0 saturated carbocycles. The van der Waals surface area contributed by atoms with Gasteiger partial charge in [-0.05, 0) is 19.2 Å². The van der Waals surface area contributed by atoms with E-state index in [0.717, 1.165) is 49.6 Å². The van der Waals surface area contributed by atoms with E-state index in [4.69, 9.17) is 4.74 Å². The zero-order chi connectivity index (χ0) is 14.9. The normalized spacial score (nSPS) is 11.2. The third-order valence-electron chi connectivity index (χ3n) is 3.33. The van der Waals surface area contributed by atoms with E-state index >= 15 is 0 Å². The molecule has 0 atom stereocenters. The number of hydrogen-bond acceptors (Lipinski definition) is 5. The summed E-state index contributed by atoms with van der Waals surface area (Å²) < 4.78 is 5.06. The van der Waals surface area contributed by atoms with Crippen LogP contribution in [-0.4, -0.2) is 60.5 Å². The molecule has 0 aliphatic rings. The number of rotatable bonds is 9. The van der Waals surface area contributed by atoms with Crippen LogP contribution in [0.25, 0.3) is 11.3 Å². The zero-order valence-electron chi connectivity index (χ0n) is 12.7. The van der Waals surface area contributed by atoms with Gasteiger partial charge in [-0.1, -0.05) is 0 Å². The Morgan fingerprint density at radius 3 is 3.00 bits per heavy atom. The minimum Gasteiger partial charge on any atom is -0.383 e. The second-order valence-electron chi connectivity index (χ2n) is 4.98. The average molecular weight is 289 g/mol. The maximum Gasteiger partial charge on any atom is 0.0710 e. The fourth-order valence-corrected chi connectivity index (χ4v) is 2.06. The van der Waals surface area contributed by atoms with E-state index in [1.165, 1.54) is 0 Å². The Labute approximate surface area is 125 Å². The van der Waals surface area contributed by atoms with Crippen molar-refractivity contribution in [2.24, 2.45) is 0 Å². The molecule has 2 N–H and O–H groups in total. The summed E-state index contributed by atoms with van der Waals surface area (Å²) in [7, 11) is 3.82. The van der Waals surface area contributed by atoms with Gasteiger partial charge < -0.3 is 15.0 Å². The molecule has 0 unspecified atom stereocenters. The molecule has 0 bridgehead atoms. The van der Waals surface area contributed by atoms with Crippen LogP contribution in [0.3, 0.4) is 0 Å². The van der Waals surface area contributed by atoms with E-state index in [1.807, 2.05) is 24.5 Å². The second kappa shape index (κ2) is 8.51. The topological polar surface area (TPSA) is 66.1 Å². The van der Waals surface area contributed by atoms with Crippen LogP contribution in [0.4, 0.5) is 0 Å². The van der Waals surface area contributed by atoms with Crippen LogP contribution in [0.1, 0.15) is 5.56 Å². The van der Waals surface area contributed by atoms with Gasteiger partial charge in [0.25, 0.3) is 0 Å². The molecule has 21 heavy (non-hydrogen) atoms. The summed E-state index contributed by atoms with van der Waals surface area (Å²) in [5.74, 6) is 0. The third kappa shape index (κ3) is 4.93. The number of pyridine rings is 1. The number of nitrogens with zero attached hydrogens (tertiary/aromatic N) is 3. The summed E-state index contributed by atoms with van der Waals surface area (Å²) in [6.45, 7) is 4.42. The van der Waals surface area contributed by atoms with E-state index in [-0.39, 0.29) is 0 Å². The number of aromatic amines is 1. The molecular formula is C15H23N5O. The SMILES string of the molecule is COCCN(C)CCNCc1cn[nH]c1-c1cccnc1. The number of H-pyrrole nitrogens is 1. The van der Waals surface area contributed by atoms with Gasteiger partial charge in [0.1, 0.15) is 0 Å². The van der Waals surface area contributed by atoms with Crippen molar-refractivity contribution in [3.63, 3.8) is 0 Å². The molecule has 2 heterocycles. The van der Waals surface area contributed by atoms with Gasteiger partial charge in [-0.3, -0.25) is 10.1 Å². The summed E-state index contributed by atoms with van der Waals surface area (Å²) in [5.41, 5.74) is 3.25. The monoisotopic (exact) mass is 289 g/mol. The lowest BCUT2D eigenvalue weighted by molar-refractivity contribution is 0.161. The largest absolute Gasteiger partial charge is 0.383 e. The standard InChI is InChI=1S/C15H23N5O/c1-20(8-9-21-2)7-6-17-11-14-12-18-19-15(14)13-4-3-5-16-10-13/h3-5,10,12,17H,6-9,11H2,1-2H3,(H,18,19). The zero-order valence-corrected chi connectivity index (χ0v) is 12.7. The van der Waals surface area contributed by atoms with Crippen LogP contribution in [0.5, 0.6) is 0 Å². The van der Waals surface area contributed by atoms with E-state index < -0.39 is 0 Å². The highest BCUT2D eigenvalue weighted by Crippen LogP contribution is 2.19. The summed E-state index contributed by atoms with van der Waals surface area (Å²) in [4.78, 5) is 6.39. The second-order valence-corrected chi connectivity index (χ2v) is 4.98. The van der Waals surface area contributed by atoms with Crippen molar-refractivity contribution in [2.75, 3.05) is 40.4 Å². The van der Waals surface area contributed by atoms with Gasteiger partial charge in [-0.25, -0.2) is 0 Å².